The van der Waals surface area contributed by atoms with Crippen molar-refractivity contribution in [3.63, 3.8) is 0 Å². The molecule has 2 N–H and O–H groups in total. The minimum absolute atomic E-state index is 0.324. The number of piperidine rings is 1. The standard InChI is InChI=1S/C14H24N4O/c1-4-19-12-9-11(2)17-13(18-12)16-10-14(3)5-7-15-8-6-14/h9,15H,4-8,10H2,1-3H3,(H,16,17,18). The summed E-state index contributed by atoms with van der Waals surface area (Å²) in [6.45, 7) is 9.96. The SMILES string of the molecule is CCOc1cc(C)nc(NCC2(C)CCNCC2)n1. The van der Waals surface area contributed by atoms with Crippen LogP contribution < -0.4 is 15.4 Å². The van der Waals surface area contributed by atoms with Gasteiger partial charge < -0.3 is 15.4 Å². The fraction of sp³-hybridized carbons (Fsp3) is 0.714. The average molecular weight is 264 g/mol. The molecule has 0 bridgehead atoms. The summed E-state index contributed by atoms with van der Waals surface area (Å²) in [4.78, 5) is 8.79. The second-order valence-corrected chi connectivity index (χ2v) is 5.52. The second-order valence-electron chi connectivity index (χ2n) is 5.52. The minimum Gasteiger partial charge on any atom is -0.478 e. The van der Waals surface area contributed by atoms with Gasteiger partial charge in [-0.25, -0.2) is 4.98 Å². The molecule has 0 aliphatic carbocycles. The summed E-state index contributed by atoms with van der Waals surface area (Å²) in [6.07, 6.45) is 2.37. The van der Waals surface area contributed by atoms with Crippen LogP contribution in [0.15, 0.2) is 6.07 Å². The summed E-state index contributed by atoms with van der Waals surface area (Å²) in [5, 5.41) is 6.76. The predicted octanol–water partition coefficient (Wildman–Crippen LogP) is 1.99. The van der Waals surface area contributed by atoms with Crippen LogP contribution in [-0.4, -0.2) is 36.2 Å². The Morgan fingerprint density at radius 2 is 2.11 bits per heavy atom. The van der Waals surface area contributed by atoms with Crippen molar-refractivity contribution in [2.45, 2.75) is 33.6 Å². The molecule has 1 aliphatic rings. The van der Waals surface area contributed by atoms with E-state index in [9.17, 15) is 0 Å². The summed E-state index contributed by atoms with van der Waals surface area (Å²) >= 11 is 0. The first-order valence-corrected chi connectivity index (χ1v) is 7.04. The molecule has 0 saturated carbocycles. The number of aromatic nitrogens is 2. The summed E-state index contributed by atoms with van der Waals surface area (Å²) in [7, 11) is 0. The Kier molecular flexibility index (Phi) is 4.58. The highest BCUT2D eigenvalue weighted by molar-refractivity contribution is 5.31. The Bertz CT molecular complexity index is 416. The zero-order valence-corrected chi connectivity index (χ0v) is 12.1. The van der Waals surface area contributed by atoms with Crippen molar-refractivity contribution >= 4 is 5.95 Å². The number of nitrogens with zero attached hydrogens (tertiary/aromatic N) is 2. The van der Waals surface area contributed by atoms with Gasteiger partial charge in [0, 0.05) is 18.3 Å². The smallest absolute Gasteiger partial charge is 0.226 e. The molecule has 1 aromatic rings. The molecule has 2 heterocycles. The largest absolute Gasteiger partial charge is 0.478 e. The second kappa shape index (κ2) is 6.19. The van der Waals surface area contributed by atoms with Crippen molar-refractivity contribution in [3.8, 4) is 5.88 Å². The van der Waals surface area contributed by atoms with Gasteiger partial charge in [-0.1, -0.05) is 6.92 Å². The number of aryl methyl sites for hydroxylation is 1. The van der Waals surface area contributed by atoms with Gasteiger partial charge in [-0.05, 0) is 45.2 Å². The van der Waals surface area contributed by atoms with Gasteiger partial charge in [0.1, 0.15) is 0 Å². The molecule has 2 rings (SSSR count). The molecule has 1 aliphatic heterocycles. The van der Waals surface area contributed by atoms with Crippen LogP contribution in [0.4, 0.5) is 5.95 Å². The Morgan fingerprint density at radius 3 is 2.79 bits per heavy atom. The van der Waals surface area contributed by atoms with Crippen molar-refractivity contribution in [2.75, 3.05) is 31.6 Å². The van der Waals surface area contributed by atoms with Crippen LogP contribution in [0, 0.1) is 12.3 Å². The van der Waals surface area contributed by atoms with Crippen molar-refractivity contribution in [3.05, 3.63) is 11.8 Å². The molecule has 1 fully saturated rings. The predicted molar refractivity (Wildman–Crippen MR) is 76.6 cm³/mol. The summed E-state index contributed by atoms with van der Waals surface area (Å²) in [5.74, 6) is 1.32. The molecule has 0 aromatic carbocycles. The molecule has 1 saturated heterocycles. The molecule has 5 nitrogen and oxygen atoms in total. The van der Waals surface area contributed by atoms with E-state index in [1.165, 1.54) is 12.8 Å². The Morgan fingerprint density at radius 1 is 1.37 bits per heavy atom. The number of hydrogen-bond donors (Lipinski definition) is 2. The lowest BCUT2D eigenvalue weighted by molar-refractivity contribution is 0.246. The van der Waals surface area contributed by atoms with Gasteiger partial charge in [-0.15, -0.1) is 0 Å². The van der Waals surface area contributed by atoms with E-state index in [-0.39, 0.29) is 0 Å². The van der Waals surface area contributed by atoms with E-state index in [4.69, 9.17) is 4.74 Å². The molecule has 1 aromatic heterocycles. The van der Waals surface area contributed by atoms with E-state index in [0.717, 1.165) is 25.3 Å². The van der Waals surface area contributed by atoms with Crippen LogP contribution in [-0.2, 0) is 0 Å². The molecular weight excluding hydrogens is 240 g/mol. The highest BCUT2D eigenvalue weighted by atomic mass is 16.5. The van der Waals surface area contributed by atoms with E-state index in [2.05, 4.69) is 27.5 Å². The number of nitrogens with one attached hydrogen (secondary N) is 2. The zero-order chi connectivity index (χ0) is 13.7. The molecule has 0 spiro atoms. The Balaban J connectivity index is 1.98. The lowest BCUT2D eigenvalue weighted by Gasteiger charge is -2.34. The van der Waals surface area contributed by atoms with Gasteiger partial charge in [-0.3, -0.25) is 0 Å². The maximum atomic E-state index is 5.44. The van der Waals surface area contributed by atoms with Gasteiger partial charge in [0.05, 0.1) is 6.61 Å². The minimum atomic E-state index is 0.324. The first-order chi connectivity index (χ1) is 9.11. The molecular formula is C14H24N4O. The fourth-order valence-corrected chi connectivity index (χ4v) is 2.34. The Labute approximate surface area is 115 Å². The van der Waals surface area contributed by atoms with Gasteiger partial charge >= 0.3 is 0 Å². The zero-order valence-electron chi connectivity index (χ0n) is 12.1. The van der Waals surface area contributed by atoms with Gasteiger partial charge in [0.25, 0.3) is 0 Å². The number of anilines is 1. The first kappa shape index (κ1) is 14.1. The van der Waals surface area contributed by atoms with Crippen molar-refractivity contribution < 1.29 is 4.74 Å². The molecule has 0 radical (unpaired) electrons. The quantitative estimate of drug-likeness (QED) is 0.851. The highest BCUT2D eigenvalue weighted by Gasteiger charge is 2.26. The van der Waals surface area contributed by atoms with Crippen LogP contribution in [0.1, 0.15) is 32.4 Å². The molecule has 19 heavy (non-hydrogen) atoms. The average Bonchev–Trinajstić information content (AvgIpc) is 2.37. The van der Waals surface area contributed by atoms with Crippen LogP contribution in [0.25, 0.3) is 0 Å². The third-order valence-corrected chi connectivity index (χ3v) is 3.61. The fourth-order valence-electron chi connectivity index (χ4n) is 2.34. The van der Waals surface area contributed by atoms with E-state index in [1.54, 1.807) is 0 Å². The topological polar surface area (TPSA) is 59.1 Å². The van der Waals surface area contributed by atoms with E-state index >= 15 is 0 Å². The number of rotatable bonds is 5. The normalized spacial score (nSPS) is 18.1. The molecule has 106 valence electrons. The number of ether oxygens (including phenoxy) is 1. The molecule has 5 heteroatoms. The number of hydrogen-bond acceptors (Lipinski definition) is 5. The molecule has 0 amide bonds. The van der Waals surface area contributed by atoms with E-state index in [1.807, 2.05) is 19.9 Å². The highest BCUT2D eigenvalue weighted by Crippen LogP contribution is 2.27. The van der Waals surface area contributed by atoms with Crippen molar-refractivity contribution in [1.29, 1.82) is 0 Å². The van der Waals surface area contributed by atoms with Gasteiger partial charge in [-0.2, -0.15) is 4.98 Å². The lowest BCUT2D eigenvalue weighted by atomic mass is 9.81. The van der Waals surface area contributed by atoms with Gasteiger partial charge in [0.2, 0.25) is 11.8 Å². The van der Waals surface area contributed by atoms with Crippen LogP contribution >= 0.6 is 0 Å². The lowest BCUT2D eigenvalue weighted by Crippen LogP contribution is -2.39. The summed E-state index contributed by atoms with van der Waals surface area (Å²) in [6, 6.07) is 1.86. The maximum absolute atomic E-state index is 5.44. The van der Waals surface area contributed by atoms with Crippen molar-refractivity contribution in [2.24, 2.45) is 5.41 Å². The van der Waals surface area contributed by atoms with Crippen LogP contribution in [0.2, 0.25) is 0 Å². The van der Waals surface area contributed by atoms with Crippen LogP contribution in [0.3, 0.4) is 0 Å². The van der Waals surface area contributed by atoms with Crippen LogP contribution in [0.5, 0.6) is 5.88 Å². The summed E-state index contributed by atoms with van der Waals surface area (Å²) < 4.78 is 5.44. The third kappa shape index (κ3) is 4.06. The van der Waals surface area contributed by atoms with Crippen molar-refractivity contribution in [1.82, 2.24) is 15.3 Å². The monoisotopic (exact) mass is 264 g/mol. The molecule has 0 atom stereocenters. The first-order valence-electron chi connectivity index (χ1n) is 7.04. The summed E-state index contributed by atoms with van der Waals surface area (Å²) in [5.41, 5.74) is 1.25. The maximum Gasteiger partial charge on any atom is 0.226 e. The Hall–Kier alpha value is -1.36. The molecule has 0 unspecified atom stereocenters. The van der Waals surface area contributed by atoms with E-state index in [0.29, 0.717) is 23.9 Å². The van der Waals surface area contributed by atoms with Gasteiger partial charge in [0.15, 0.2) is 0 Å². The van der Waals surface area contributed by atoms with E-state index < -0.39 is 0 Å². The third-order valence-electron chi connectivity index (χ3n) is 3.61.